The molecule has 18 heavy (non-hydrogen) atoms. The first-order chi connectivity index (χ1) is 6.41. The van der Waals surface area contributed by atoms with Gasteiger partial charge in [-0.2, -0.15) is 0 Å². The van der Waals surface area contributed by atoms with Gasteiger partial charge >= 0.3 is 0 Å². The topological polar surface area (TPSA) is 101 Å². The quantitative estimate of drug-likeness (QED) is 0.271. The lowest BCUT2D eigenvalue weighted by molar-refractivity contribution is -0.368. The summed E-state index contributed by atoms with van der Waals surface area (Å²) in [5.74, 6) is 0. The lowest BCUT2D eigenvalue weighted by Gasteiger charge is -2.00. The van der Waals surface area contributed by atoms with Gasteiger partial charge in [0.2, 0.25) is 0 Å². The van der Waals surface area contributed by atoms with Crippen molar-refractivity contribution in [2.45, 2.75) is 71.1 Å². The molecule has 120 valence electrons. The van der Waals surface area contributed by atoms with Crippen LogP contribution in [-0.4, -0.2) is 6.54 Å². The molecule has 0 amide bonds. The Morgan fingerprint density at radius 1 is 0.556 bits per heavy atom. The fourth-order valence-electron chi connectivity index (χ4n) is 1.66. The molecule has 0 saturated carbocycles. The second kappa shape index (κ2) is 36.2. The minimum absolute atomic E-state index is 0. The Balaban J connectivity index is -0.0000000720. The fourth-order valence-corrected chi connectivity index (χ4v) is 1.66. The van der Waals surface area contributed by atoms with E-state index in [1.54, 1.807) is 0 Å². The van der Waals surface area contributed by atoms with Gasteiger partial charge in [0.15, 0.2) is 0 Å². The van der Waals surface area contributed by atoms with Gasteiger partial charge in [0, 0.05) is 0 Å². The van der Waals surface area contributed by atoms with Crippen molar-refractivity contribution in [2.75, 3.05) is 6.54 Å². The van der Waals surface area contributed by atoms with Crippen LogP contribution in [0.5, 0.6) is 0 Å². The van der Waals surface area contributed by atoms with E-state index in [9.17, 15) is 0 Å². The first-order valence-corrected chi connectivity index (χ1v) is 6.21. The molecule has 0 unspecified atom stereocenters. The van der Waals surface area contributed by atoms with Crippen LogP contribution in [0.25, 0.3) is 0 Å². The van der Waals surface area contributed by atoms with Gasteiger partial charge in [-0.05, 0) is 12.8 Å². The van der Waals surface area contributed by atoms with Gasteiger partial charge in [0.05, 0.1) is 6.54 Å². The van der Waals surface area contributed by atoms with Crippen molar-refractivity contribution >= 4 is 0 Å². The zero-order chi connectivity index (χ0) is 9.78. The zero-order valence-corrected chi connectivity index (χ0v) is 17.4. The van der Waals surface area contributed by atoms with Gasteiger partial charge in [-0.25, -0.2) is 0 Å². The minimum Gasteiger partial charge on any atom is -1.00 e. The molecule has 0 aromatic heterocycles. The molecule has 0 radical (unpaired) electrons. The highest BCUT2D eigenvalue weighted by atomic mass is 79.9. The van der Waals surface area contributed by atoms with E-state index in [0.29, 0.717) is 0 Å². The molecule has 0 bridgehead atoms. The fraction of sp³-hybridized carbons (Fsp3) is 1.00. The summed E-state index contributed by atoms with van der Waals surface area (Å²) in [5, 5.41) is 0. The number of rotatable bonds is 10. The molecular weight excluding hydrogens is 426 g/mol. The molecular formula is C12H36Br3N3. The van der Waals surface area contributed by atoms with Gasteiger partial charge < -0.3 is 69.0 Å². The van der Waals surface area contributed by atoms with E-state index in [-0.39, 0.29) is 63.2 Å². The smallest absolute Gasteiger partial charge is 0.0739 e. The van der Waals surface area contributed by atoms with Crippen LogP contribution in [0, 0.1) is 0 Å². The maximum absolute atomic E-state index is 3.85. The third-order valence-electron chi connectivity index (χ3n) is 2.60. The van der Waals surface area contributed by atoms with Crippen molar-refractivity contribution in [3.05, 3.63) is 0 Å². The summed E-state index contributed by atoms with van der Waals surface area (Å²) >= 11 is 0. The molecule has 0 spiro atoms. The molecule has 11 N–H and O–H groups in total. The molecule has 0 heterocycles. The van der Waals surface area contributed by atoms with E-state index < -0.39 is 0 Å². The van der Waals surface area contributed by atoms with Crippen LogP contribution >= 0.6 is 0 Å². The van der Waals surface area contributed by atoms with E-state index in [1.807, 2.05) is 0 Å². The number of unbranched alkanes of at least 4 members (excludes halogenated alkanes) is 9. The molecule has 0 aliphatic carbocycles. The van der Waals surface area contributed by atoms with Crippen LogP contribution in [0.3, 0.4) is 0 Å². The van der Waals surface area contributed by atoms with Gasteiger partial charge in [-0.3, -0.25) is 0 Å². The zero-order valence-electron chi connectivity index (χ0n) is 12.6. The van der Waals surface area contributed by atoms with E-state index in [1.165, 1.54) is 64.2 Å². The maximum atomic E-state index is 3.85. The average molecular weight is 462 g/mol. The van der Waals surface area contributed by atoms with Crippen molar-refractivity contribution < 1.29 is 56.7 Å². The number of halogens is 3. The van der Waals surface area contributed by atoms with Crippen molar-refractivity contribution in [3.8, 4) is 0 Å². The van der Waals surface area contributed by atoms with Crippen LogP contribution in [0.15, 0.2) is 0 Å². The lowest BCUT2D eigenvalue weighted by atomic mass is 10.1. The van der Waals surface area contributed by atoms with E-state index in [4.69, 9.17) is 0 Å². The number of hydrogen-bond donors (Lipinski definition) is 3. The Hall–Kier alpha value is 1.32. The third-order valence-corrected chi connectivity index (χ3v) is 2.60. The van der Waals surface area contributed by atoms with E-state index in [2.05, 4.69) is 12.7 Å². The summed E-state index contributed by atoms with van der Waals surface area (Å²) in [6, 6.07) is 0. The van der Waals surface area contributed by atoms with Crippen molar-refractivity contribution in [1.82, 2.24) is 12.3 Å². The molecule has 0 aliphatic rings. The van der Waals surface area contributed by atoms with Gasteiger partial charge in [-0.1, -0.05) is 58.3 Å². The highest BCUT2D eigenvalue weighted by Crippen LogP contribution is 2.09. The average Bonchev–Trinajstić information content (AvgIpc) is 2.16. The van der Waals surface area contributed by atoms with Gasteiger partial charge in [0.25, 0.3) is 0 Å². The van der Waals surface area contributed by atoms with Gasteiger partial charge in [0.1, 0.15) is 0 Å². The Bertz CT molecular complexity index is 88.6. The van der Waals surface area contributed by atoms with Crippen molar-refractivity contribution in [1.29, 1.82) is 0 Å². The van der Waals surface area contributed by atoms with E-state index in [0.717, 1.165) is 6.54 Å². The van der Waals surface area contributed by atoms with Gasteiger partial charge in [-0.15, -0.1) is 0 Å². The molecule has 0 aromatic rings. The Kier molecular flexibility index (Phi) is 73.5. The summed E-state index contributed by atoms with van der Waals surface area (Å²) in [5.41, 5.74) is 3.85. The molecule has 0 aliphatic heterocycles. The van der Waals surface area contributed by atoms with E-state index >= 15 is 0 Å². The summed E-state index contributed by atoms with van der Waals surface area (Å²) in [6.45, 7) is 3.40. The summed E-state index contributed by atoms with van der Waals surface area (Å²) in [7, 11) is 0. The Labute approximate surface area is 146 Å². The predicted molar refractivity (Wildman–Crippen MR) is 71.6 cm³/mol. The lowest BCUT2D eigenvalue weighted by Crippen LogP contribution is -3.00. The summed E-state index contributed by atoms with van der Waals surface area (Å²) in [6.07, 6.45) is 14.2. The van der Waals surface area contributed by atoms with Crippen molar-refractivity contribution in [2.24, 2.45) is 0 Å². The molecule has 0 aromatic carbocycles. The second-order valence-corrected chi connectivity index (χ2v) is 4.04. The predicted octanol–water partition coefficient (Wildman–Crippen LogP) is -5.09. The first kappa shape index (κ1) is 36.5. The monoisotopic (exact) mass is 459 g/mol. The normalized spacial score (nSPS) is 7.67. The van der Waals surface area contributed by atoms with Crippen LogP contribution in [0.1, 0.15) is 71.1 Å². The minimum atomic E-state index is 0. The second-order valence-electron chi connectivity index (χ2n) is 4.04. The SMILES string of the molecule is CCCCCCCCCCCC[NH3+].[Br-].[Br-].[Br-].[NH4+].[NH4+]. The molecule has 0 atom stereocenters. The molecule has 0 fully saturated rings. The highest BCUT2D eigenvalue weighted by Gasteiger charge is 1.91. The first-order valence-electron chi connectivity index (χ1n) is 6.21. The summed E-state index contributed by atoms with van der Waals surface area (Å²) < 4.78 is 0. The standard InChI is InChI=1S/C12H27N.3BrH.2H3N/c1-2-3-4-5-6-7-8-9-10-11-12-13;;;;;/h2-13H2,1H3;3*1H;2*1H3. The summed E-state index contributed by atoms with van der Waals surface area (Å²) in [4.78, 5) is 0. The van der Waals surface area contributed by atoms with Crippen LogP contribution in [0.4, 0.5) is 0 Å². The van der Waals surface area contributed by atoms with Crippen molar-refractivity contribution in [3.63, 3.8) is 0 Å². The third kappa shape index (κ3) is 36.0. The Morgan fingerprint density at radius 3 is 1.11 bits per heavy atom. The molecule has 3 nitrogen and oxygen atoms in total. The molecule has 0 rings (SSSR count). The van der Waals surface area contributed by atoms with Crippen LogP contribution in [-0.2, 0) is 0 Å². The van der Waals surface area contributed by atoms with Crippen LogP contribution < -0.4 is 69.0 Å². The maximum Gasteiger partial charge on any atom is 0.0739 e. The Morgan fingerprint density at radius 2 is 0.833 bits per heavy atom. The van der Waals surface area contributed by atoms with Crippen LogP contribution in [0.2, 0.25) is 0 Å². The number of hydrogen-bond acceptors (Lipinski definition) is 0. The largest absolute Gasteiger partial charge is 1.00 e. The number of quaternary nitrogens is 3. The molecule has 6 heteroatoms. The highest BCUT2D eigenvalue weighted by molar-refractivity contribution is 4.46. The molecule has 0 saturated heterocycles.